The fraction of sp³-hybridized carbons (Fsp3) is 0.214. The zero-order valence-corrected chi connectivity index (χ0v) is 13.9. The third kappa shape index (κ3) is 2.27. The topological polar surface area (TPSA) is 136 Å². The fourth-order valence-corrected chi connectivity index (χ4v) is 3.52. The summed E-state index contributed by atoms with van der Waals surface area (Å²) in [6, 6.07) is 6.08. The first-order valence-electron chi connectivity index (χ1n) is 7.37. The molecule has 3 N–H and O–H groups in total. The van der Waals surface area contributed by atoms with Gasteiger partial charge in [0.25, 0.3) is 5.56 Å². The highest BCUT2D eigenvalue weighted by molar-refractivity contribution is 7.89. The molecule has 10 nitrogen and oxygen atoms in total. The van der Waals surface area contributed by atoms with E-state index in [1.54, 1.807) is 16.7 Å². The van der Waals surface area contributed by atoms with Crippen LogP contribution >= 0.6 is 0 Å². The van der Waals surface area contributed by atoms with Crippen molar-refractivity contribution in [3.05, 3.63) is 45.1 Å². The summed E-state index contributed by atoms with van der Waals surface area (Å²) in [6.07, 6.45) is 0. The molecule has 4 rings (SSSR count). The van der Waals surface area contributed by atoms with E-state index in [9.17, 15) is 18.0 Å². The maximum atomic E-state index is 12.1. The molecule has 3 aromatic rings. The third-order valence-corrected chi connectivity index (χ3v) is 5.18. The van der Waals surface area contributed by atoms with Crippen LogP contribution in [0.15, 0.2) is 38.8 Å². The Kier molecular flexibility index (Phi) is 3.14. The van der Waals surface area contributed by atoms with E-state index in [1.165, 1.54) is 23.7 Å². The van der Waals surface area contributed by atoms with Gasteiger partial charge >= 0.3 is 5.69 Å². The number of hydrogen-bond acceptors (Lipinski definition) is 6. The zero-order valence-electron chi connectivity index (χ0n) is 13.1. The molecule has 0 atom stereocenters. The van der Waals surface area contributed by atoms with Crippen molar-refractivity contribution in [1.29, 1.82) is 0 Å². The molecule has 1 aromatic carbocycles. The summed E-state index contributed by atoms with van der Waals surface area (Å²) in [7, 11) is -2.23. The van der Waals surface area contributed by atoms with Gasteiger partial charge in [-0.15, -0.1) is 0 Å². The first kappa shape index (κ1) is 15.6. The quantitative estimate of drug-likeness (QED) is 0.614. The van der Waals surface area contributed by atoms with Gasteiger partial charge in [-0.1, -0.05) is 0 Å². The Morgan fingerprint density at radius 3 is 2.48 bits per heavy atom. The summed E-state index contributed by atoms with van der Waals surface area (Å²) < 4.78 is 25.7. The molecule has 0 spiro atoms. The SMILES string of the molecule is Cn1c(=O)[nH]c(=O)c2c1nc1n2CCN1c1ccc(S(N)(=O)=O)cc1. The highest BCUT2D eigenvalue weighted by Crippen LogP contribution is 2.31. The van der Waals surface area contributed by atoms with Crippen LogP contribution in [0.1, 0.15) is 0 Å². The number of nitrogens with zero attached hydrogens (tertiary/aromatic N) is 4. The fourth-order valence-electron chi connectivity index (χ4n) is 3.00. The molecule has 3 heterocycles. The molecule has 0 unspecified atom stereocenters. The Bertz CT molecular complexity index is 1220. The second kappa shape index (κ2) is 5.04. The number of H-pyrrole nitrogens is 1. The van der Waals surface area contributed by atoms with Gasteiger partial charge in [-0.2, -0.15) is 4.98 Å². The average Bonchev–Trinajstić information content (AvgIpc) is 3.11. The average molecular weight is 362 g/mol. The maximum absolute atomic E-state index is 12.1. The Labute approximate surface area is 141 Å². The van der Waals surface area contributed by atoms with Crippen LogP contribution in [0.2, 0.25) is 0 Å². The lowest BCUT2D eigenvalue weighted by molar-refractivity contribution is 0.598. The first-order chi connectivity index (χ1) is 11.8. The molecule has 0 bridgehead atoms. The van der Waals surface area contributed by atoms with E-state index >= 15 is 0 Å². The van der Waals surface area contributed by atoms with E-state index in [-0.39, 0.29) is 4.90 Å². The normalized spacial score (nSPS) is 14.2. The van der Waals surface area contributed by atoms with Crippen molar-refractivity contribution < 1.29 is 8.42 Å². The molecule has 1 aliphatic heterocycles. The molecular formula is C14H14N6O4S. The van der Waals surface area contributed by atoms with E-state index in [2.05, 4.69) is 9.97 Å². The molecule has 0 aliphatic carbocycles. The second-order valence-corrected chi connectivity index (χ2v) is 7.31. The van der Waals surface area contributed by atoms with Gasteiger partial charge in [0.05, 0.1) is 4.90 Å². The third-order valence-electron chi connectivity index (χ3n) is 4.25. The van der Waals surface area contributed by atoms with Gasteiger partial charge < -0.3 is 9.47 Å². The van der Waals surface area contributed by atoms with Crippen LogP contribution in [0.5, 0.6) is 0 Å². The van der Waals surface area contributed by atoms with Crippen molar-refractivity contribution >= 4 is 32.8 Å². The van der Waals surface area contributed by atoms with Gasteiger partial charge in [-0.3, -0.25) is 14.3 Å². The van der Waals surface area contributed by atoms with E-state index in [1.807, 2.05) is 4.90 Å². The van der Waals surface area contributed by atoms with Crippen molar-refractivity contribution in [1.82, 2.24) is 19.1 Å². The number of aromatic nitrogens is 4. The number of rotatable bonds is 2. The van der Waals surface area contributed by atoms with Crippen LogP contribution in [-0.2, 0) is 23.6 Å². The van der Waals surface area contributed by atoms with Crippen LogP contribution in [0.25, 0.3) is 11.2 Å². The molecule has 130 valence electrons. The number of benzene rings is 1. The van der Waals surface area contributed by atoms with Crippen molar-refractivity contribution in [3.8, 4) is 0 Å². The van der Waals surface area contributed by atoms with Crippen LogP contribution in [0, 0.1) is 0 Å². The van der Waals surface area contributed by atoms with Gasteiger partial charge in [0.2, 0.25) is 16.0 Å². The van der Waals surface area contributed by atoms with Crippen LogP contribution in [0.3, 0.4) is 0 Å². The van der Waals surface area contributed by atoms with Crippen LogP contribution in [0.4, 0.5) is 11.6 Å². The Morgan fingerprint density at radius 1 is 1.16 bits per heavy atom. The van der Waals surface area contributed by atoms with E-state index in [4.69, 9.17) is 5.14 Å². The number of aromatic amines is 1. The van der Waals surface area contributed by atoms with E-state index < -0.39 is 21.3 Å². The number of hydrogen-bond donors (Lipinski definition) is 2. The van der Waals surface area contributed by atoms with Gasteiger partial charge in [0, 0.05) is 25.8 Å². The highest BCUT2D eigenvalue weighted by atomic mass is 32.2. The molecule has 11 heteroatoms. The summed E-state index contributed by atoms with van der Waals surface area (Å²) in [5.41, 5.74) is 0.333. The molecule has 2 aromatic heterocycles. The summed E-state index contributed by atoms with van der Waals surface area (Å²) in [6.45, 7) is 1.08. The number of aryl methyl sites for hydroxylation is 1. The number of sulfonamides is 1. The molecule has 0 amide bonds. The molecule has 0 fully saturated rings. The van der Waals surface area contributed by atoms with Crippen LogP contribution < -0.4 is 21.3 Å². The number of imidazole rings is 1. The Morgan fingerprint density at radius 2 is 1.84 bits per heavy atom. The molecule has 0 saturated heterocycles. The largest absolute Gasteiger partial charge is 0.329 e. The van der Waals surface area contributed by atoms with Crippen molar-refractivity contribution in [2.24, 2.45) is 12.2 Å². The minimum Gasteiger partial charge on any atom is -0.310 e. The smallest absolute Gasteiger partial charge is 0.310 e. The van der Waals surface area contributed by atoms with Crippen LogP contribution in [-0.4, -0.2) is 34.1 Å². The molecule has 0 radical (unpaired) electrons. The lowest BCUT2D eigenvalue weighted by Gasteiger charge is -2.16. The maximum Gasteiger partial charge on any atom is 0.329 e. The number of fused-ring (bicyclic) bond motifs is 3. The number of nitrogens with one attached hydrogen (secondary N) is 1. The Hall–Kier alpha value is -2.92. The molecule has 25 heavy (non-hydrogen) atoms. The lowest BCUT2D eigenvalue weighted by atomic mass is 10.3. The van der Waals surface area contributed by atoms with E-state index in [0.29, 0.717) is 35.9 Å². The predicted molar refractivity (Wildman–Crippen MR) is 90.4 cm³/mol. The van der Waals surface area contributed by atoms with Crippen molar-refractivity contribution in [2.45, 2.75) is 11.4 Å². The predicted octanol–water partition coefficient (Wildman–Crippen LogP) is -0.778. The molecule has 0 saturated carbocycles. The van der Waals surface area contributed by atoms with Crippen molar-refractivity contribution in [3.63, 3.8) is 0 Å². The minimum atomic E-state index is -3.76. The van der Waals surface area contributed by atoms with E-state index in [0.717, 1.165) is 0 Å². The summed E-state index contributed by atoms with van der Waals surface area (Å²) in [5, 5.41) is 5.11. The highest BCUT2D eigenvalue weighted by Gasteiger charge is 2.27. The van der Waals surface area contributed by atoms with Gasteiger partial charge in [0.15, 0.2) is 11.2 Å². The first-order valence-corrected chi connectivity index (χ1v) is 8.92. The summed E-state index contributed by atoms with van der Waals surface area (Å²) >= 11 is 0. The van der Waals surface area contributed by atoms with Crippen molar-refractivity contribution in [2.75, 3.05) is 11.4 Å². The van der Waals surface area contributed by atoms with Gasteiger partial charge in [0.1, 0.15) is 0 Å². The Balaban J connectivity index is 1.86. The number of anilines is 2. The summed E-state index contributed by atoms with van der Waals surface area (Å²) in [4.78, 5) is 32.4. The molecular weight excluding hydrogens is 348 g/mol. The second-order valence-electron chi connectivity index (χ2n) is 5.74. The minimum absolute atomic E-state index is 0.0165. The standard InChI is InChI=1S/C14H14N6O4S/c1-18-11-10(12(21)17-14(18)22)20-7-6-19(13(20)16-11)8-2-4-9(5-3-8)25(15,23)24/h2-5H,6-7H2,1H3,(H2,15,23,24)(H,17,21,22). The summed E-state index contributed by atoms with van der Waals surface area (Å²) in [5.74, 6) is 0.519. The number of primary sulfonamides is 1. The van der Waals surface area contributed by atoms with Gasteiger partial charge in [-0.05, 0) is 24.3 Å². The molecule has 1 aliphatic rings. The lowest BCUT2D eigenvalue weighted by Crippen LogP contribution is -2.29. The monoisotopic (exact) mass is 362 g/mol. The van der Waals surface area contributed by atoms with Gasteiger partial charge in [-0.25, -0.2) is 18.4 Å². The zero-order chi connectivity index (χ0) is 17.9. The number of nitrogens with two attached hydrogens (primary N) is 1.